The molecule has 1 amide bonds. The lowest BCUT2D eigenvalue weighted by molar-refractivity contribution is -0.151. The predicted molar refractivity (Wildman–Crippen MR) is 278 cm³/mol. The number of hydrogen-bond donors (Lipinski definition) is 3. The van der Waals surface area contributed by atoms with Crippen molar-refractivity contribution < 1.29 is 24.5 Å². The molecule has 64 heavy (non-hydrogen) atoms. The fraction of sp³-hybridized carbons (Fsp3) is 0.793. The first kappa shape index (κ1) is 61.6. The van der Waals surface area contributed by atoms with Crippen molar-refractivity contribution >= 4 is 11.9 Å². The van der Waals surface area contributed by atoms with Gasteiger partial charge in [-0.25, -0.2) is 0 Å². The molecular formula is C58H105NO5. The first-order chi connectivity index (χ1) is 31.5. The molecule has 0 aliphatic carbocycles. The number of nitrogens with one attached hydrogen (secondary N) is 1. The van der Waals surface area contributed by atoms with E-state index in [-0.39, 0.29) is 24.9 Å². The Bertz CT molecular complexity index is 1140. The van der Waals surface area contributed by atoms with E-state index in [1.165, 1.54) is 154 Å². The number of esters is 1. The van der Waals surface area contributed by atoms with Gasteiger partial charge >= 0.3 is 5.97 Å². The van der Waals surface area contributed by atoms with E-state index in [2.05, 4.69) is 86.8 Å². The van der Waals surface area contributed by atoms with Gasteiger partial charge in [0.25, 0.3) is 0 Å². The summed E-state index contributed by atoms with van der Waals surface area (Å²) in [5.74, 6) is -0.540. The van der Waals surface area contributed by atoms with E-state index < -0.39 is 18.2 Å². The van der Waals surface area contributed by atoms with Crippen molar-refractivity contribution in [1.82, 2.24) is 5.32 Å². The summed E-state index contributed by atoms with van der Waals surface area (Å²) >= 11 is 0. The monoisotopic (exact) mass is 896 g/mol. The molecule has 0 heterocycles. The molecule has 0 aromatic carbocycles. The summed E-state index contributed by atoms with van der Waals surface area (Å²) in [6.07, 6.45) is 64.3. The Morgan fingerprint density at radius 1 is 0.453 bits per heavy atom. The average molecular weight is 896 g/mol. The highest BCUT2D eigenvalue weighted by molar-refractivity contribution is 5.77. The minimum atomic E-state index is -0.799. The standard InChI is InChI=1S/C58H105NO5/c1-4-7-10-13-16-19-22-24-26-28-30-32-35-37-40-43-46-49-54(52-57(62)59-55(53-60)56(61)50-47-44-41-38-34-21-18-15-12-9-6-3)64-58(63)51-48-45-42-39-36-33-31-29-27-25-23-20-17-14-11-8-5-2/h17,20,24-27,31,33,39,42,54-56,60-61H,4-16,18-19,21-23,28-30,32,34-38,40-41,43-53H2,1-3H3,(H,59,62)/b20-17-,26-24+,27-25-,33-31-,42-39-. The van der Waals surface area contributed by atoms with E-state index in [1.54, 1.807) is 0 Å². The Kier molecular flexibility index (Phi) is 49.6. The molecule has 6 heteroatoms. The summed E-state index contributed by atoms with van der Waals surface area (Å²) in [6.45, 7) is 6.44. The molecule has 0 radical (unpaired) electrons. The Hall–Kier alpha value is -2.44. The molecule has 6 nitrogen and oxygen atoms in total. The molecule has 0 rings (SSSR count). The number of unbranched alkanes of at least 4 members (excludes halogenated alkanes) is 27. The first-order valence-corrected chi connectivity index (χ1v) is 27.5. The average Bonchev–Trinajstić information content (AvgIpc) is 3.29. The Morgan fingerprint density at radius 3 is 1.25 bits per heavy atom. The van der Waals surface area contributed by atoms with Gasteiger partial charge in [-0.05, 0) is 89.9 Å². The molecule has 0 saturated heterocycles. The summed E-state index contributed by atoms with van der Waals surface area (Å²) in [4.78, 5) is 26.2. The molecule has 0 aliphatic heterocycles. The van der Waals surface area contributed by atoms with Crippen molar-refractivity contribution in [2.45, 2.75) is 289 Å². The number of ether oxygens (including phenoxy) is 1. The topological polar surface area (TPSA) is 95.9 Å². The fourth-order valence-electron chi connectivity index (χ4n) is 8.12. The van der Waals surface area contributed by atoms with E-state index in [4.69, 9.17) is 4.74 Å². The van der Waals surface area contributed by atoms with Crippen LogP contribution in [0.2, 0.25) is 0 Å². The van der Waals surface area contributed by atoms with Crippen molar-refractivity contribution in [3.05, 3.63) is 60.8 Å². The van der Waals surface area contributed by atoms with E-state index in [0.717, 1.165) is 64.2 Å². The second-order valence-electron chi connectivity index (χ2n) is 18.6. The van der Waals surface area contributed by atoms with E-state index >= 15 is 0 Å². The number of amides is 1. The van der Waals surface area contributed by atoms with Crippen molar-refractivity contribution in [2.24, 2.45) is 0 Å². The molecule has 0 bridgehead atoms. The molecule has 0 aromatic rings. The van der Waals surface area contributed by atoms with Crippen LogP contribution in [0.5, 0.6) is 0 Å². The molecule has 0 aliphatic rings. The predicted octanol–water partition coefficient (Wildman–Crippen LogP) is 16.8. The molecule has 0 saturated carbocycles. The lowest BCUT2D eigenvalue weighted by Gasteiger charge is -2.24. The quantitative estimate of drug-likeness (QED) is 0.0321. The normalized spacial score (nSPS) is 13.6. The van der Waals surface area contributed by atoms with Crippen LogP contribution in [0.4, 0.5) is 0 Å². The minimum absolute atomic E-state index is 0.0525. The van der Waals surface area contributed by atoms with Gasteiger partial charge in [0.15, 0.2) is 0 Å². The van der Waals surface area contributed by atoms with Gasteiger partial charge in [-0.3, -0.25) is 9.59 Å². The summed E-state index contributed by atoms with van der Waals surface area (Å²) in [7, 11) is 0. The third-order valence-corrected chi connectivity index (χ3v) is 12.3. The number of allylic oxidation sites excluding steroid dienone is 10. The lowest BCUT2D eigenvalue weighted by Crippen LogP contribution is -2.46. The van der Waals surface area contributed by atoms with Gasteiger partial charge in [0.1, 0.15) is 6.10 Å². The minimum Gasteiger partial charge on any atom is -0.462 e. The van der Waals surface area contributed by atoms with Gasteiger partial charge in [0.2, 0.25) is 5.91 Å². The van der Waals surface area contributed by atoms with Crippen molar-refractivity contribution in [1.29, 1.82) is 0 Å². The molecule has 3 unspecified atom stereocenters. The zero-order chi connectivity index (χ0) is 46.7. The highest BCUT2D eigenvalue weighted by atomic mass is 16.5. The SMILES string of the molecule is CCCCC/C=C\C/C=C\C/C=C\C/C=C\CCCC(=O)OC(CCCCCCCCC/C=C/CCCCCCCC)CC(=O)NC(CO)C(O)CCCCCCCCCCCCC. The van der Waals surface area contributed by atoms with E-state index in [0.29, 0.717) is 25.7 Å². The number of aliphatic hydroxyl groups excluding tert-OH is 2. The maximum atomic E-state index is 13.2. The molecule has 3 atom stereocenters. The van der Waals surface area contributed by atoms with Gasteiger partial charge in [0, 0.05) is 6.42 Å². The lowest BCUT2D eigenvalue weighted by atomic mass is 10.0. The van der Waals surface area contributed by atoms with E-state index in [9.17, 15) is 19.8 Å². The van der Waals surface area contributed by atoms with Crippen molar-refractivity contribution in [3.8, 4) is 0 Å². The van der Waals surface area contributed by atoms with Gasteiger partial charge in [-0.2, -0.15) is 0 Å². The summed E-state index contributed by atoms with van der Waals surface area (Å²) in [5, 5.41) is 23.8. The smallest absolute Gasteiger partial charge is 0.306 e. The Balaban J connectivity index is 4.67. The number of aliphatic hydroxyl groups is 2. The Labute approximate surface area is 397 Å². The third kappa shape index (κ3) is 46.1. The second-order valence-corrected chi connectivity index (χ2v) is 18.6. The largest absolute Gasteiger partial charge is 0.462 e. The van der Waals surface area contributed by atoms with Crippen molar-refractivity contribution in [2.75, 3.05) is 6.61 Å². The van der Waals surface area contributed by atoms with Crippen LogP contribution in [-0.2, 0) is 14.3 Å². The van der Waals surface area contributed by atoms with Gasteiger partial charge in [-0.15, -0.1) is 0 Å². The van der Waals surface area contributed by atoms with Gasteiger partial charge in [-0.1, -0.05) is 229 Å². The fourth-order valence-corrected chi connectivity index (χ4v) is 8.12. The third-order valence-electron chi connectivity index (χ3n) is 12.3. The maximum Gasteiger partial charge on any atom is 0.306 e. The zero-order valence-electron chi connectivity index (χ0n) is 42.4. The van der Waals surface area contributed by atoms with Crippen LogP contribution in [0, 0.1) is 0 Å². The molecule has 0 spiro atoms. The van der Waals surface area contributed by atoms with Crippen LogP contribution < -0.4 is 5.32 Å². The van der Waals surface area contributed by atoms with Crippen LogP contribution in [-0.4, -0.2) is 46.9 Å². The molecule has 3 N–H and O–H groups in total. The molecule has 0 fully saturated rings. The van der Waals surface area contributed by atoms with Crippen LogP contribution in [0.15, 0.2) is 60.8 Å². The van der Waals surface area contributed by atoms with Crippen LogP contribution in [0.3, 0.4) is 0 Å². The number of carbonyl (C=O) groups excluding carboxylic acids is 2. The summed E-state index contributed by atoms with van der Waals surface area (Å²) < 4.78 is 5.92. The Morgan fingerprint density at radius 2 is 0.797 bits per heavy atom. The number of rotatable bonds is 49. The second kappa shape index (κ2) is 51.5. The molecule has 0 aromatic heterocycles. The summed E-state index contributed by atoms with van der Waals surface area (Å²) in [6, 6.07) is -0.715. The van der Waals surface area contributed by atoms with Crippen LogP contribution in [0.1, 0.15) is 271 Å². The van der Waals surface area contributed by atoms with E-state index in [1.807, 2.05) is 0 Å². The van der Waals surface area contributed by atoms with Gasteiger partial charge in [0.05, 0.1) is 25.2 Å². The highest BCUT2D eigenvalue weighted by Crippen LogP contribution is 2.18. The van der Waals surface area contributed by atoms with Crippen LogP contribution >= 0.6 is 0 Å². The highest BCUT2D eigenvalue weighted by Gasteiger charge is 2.24. The van der Waals surface area contributed by atoms with Crippen molar-refractivity contribution in [3.63, 3.8) is 0 Å². The zero-order valence-corrected chi connectivity index (χ0v) is 42.4. The van der Waals surface area contributed by atoms with Crippen LogP contribution in [0.25, 0.3) is 0 Å². The van der Waals surface area contributed by atoms with Gasteiger partial charge < -0.3 is 20.3 Å². The maximum absolute atomic E-state index is 13.2. The number of hydrogen-bond acceptors (Lipinski definition) is 5. The summed E-state index contributed by atoms with van der Waals surface area (Å²) in [5.41, 5.74) is 0. The number of carbonyl (C=O) groups is 2. The molecule has 372 valence electrons. The first-order valence-electron chi connectivity index (χ1n) is 27.5. The molecular weight excluding hydrogens is 791 g/mol.